The summed E-state index contributed by atoms with van der Waals surface area (Å²) in [5.41, 5.74) is 16.6. The average molecular weight is 500 g/mol. The van der Waals surface area contributed by atoms with Crippen LogP contribution in [0.1, 0.15) is 27.8 Å². The Morgan fingerprint density at radius 1 is 0.590 bits per heavy atom. The highest BCUT2D eigenvalue weighted by molar-refractivity contribution is 6.25. The lowest BCUT2D eigenvalue weighted by atomic mass is 9.86. The van der Waals surface area contributed by atoms with Crippen LogP contribution in [-0.4, -0.2) is 0 Å². The molecule has 0 spiro atoms. The van der Waals surface area contributed by atoms with Crippen molar-refractivity contribution >= 4 is 49.7 Å². The fraction of sp³-hybridized carbons (Fsp3) is 0.0526. The Morgan fingerprint density at radius 3 is 1.92 bits per heavy atom. The molecule has 1 heteroatoms. The first kappa shape index (κ1) is 23.3. The molecule has 0 saturated heterocycles. The highest BCUT2D eigenvalue weighted by Gasteiger charge is 2.16. The maximum absolute atomic E-state index is 6.30. The Bertz CT molecular complexity index is 1990. The summed E-state index contributed by atoms with van der Waals surface area (Å²) in [4.78, 5) is 0. The van der Waals surface area contributed by atoms with Gasteiger partial charge in [0.25, 0.3) is 0 Å². The van der Waals surface area contributed by atoms with Gasteiger partial charge in [-0.3, -0.25) is 0 Å². The molecule has 0 saturated carbocycles. The van der Waals surface area contributed by atoms with Crippen LogP contribution in [0.4, 0.5) is 5.69 Å². The monoisotopic (exact) mass is 499 g/mol. The van der Waals surface area contributed by atoms with E-state index >= 15 is 0 Å². The molecule has 7 rings (SSSR count). The fourth-order valence-electron chi connectivity index (χ4n) is 5.86. The maximum atomic E-state index is 6.30. The van der Waals surface area contributed by atoms with E-state index in [1.165, 1.54) is 60.1 Å². The van der Waals surface area contributed by atoms with Gasteiger partial charge in [-0.1, -0.05) is 120 Å². The van der Waals surface area contributed by atoms with E-state index in [2.05, 4.69) is 135 Å². The zero-order valence-corrected chi connectivity index (χ0v) is 22.2. The van der Waals surface area contributed by atoms with Gasteiger partial charge in [-0.15, -0.1) is 0 Å². The van der Waals surface area contributed by atoms with Gasteiger partial charge in [0.1, 0.15) is 0 Å². The van der Waals surface area contributed by atoms with Crippen molar-refractivity contribution in [3.05, 3.63) is 149 Å². The van der Waals surface area contributed by atoms with Crippen LogP contribution in [0, 0.1) is 13.8 Å². The highest BCUT2D eigenvalue weighted by atomic mass is 14.5. The normalized spacial score (nSPS) is 12.1. The number of rotatable bonds is 4. The largest absolute Gasteiger partial charge is 0.399 e. The van der Waals surface area contributed by atoms with Crippen molar-refractivity contribution in [2.75, 3.05) is 5.73 Å². The Morgan fingerprint density at radius 2 is 1.21 bits per heavy atom. The Kier molecular flexibility index (Phi) is 5.45. The van der Waals surface area contributed by atoms with E-state index in [-0.39, 0.29) is 0 Å². The molecular formula is C38H29N. The third-order valence-corrected chi connectivity index (χ3v) is 7.92. The van der Waals surface area contributed by atoms with Crippen molar-refractivity contribution in [2.45, 2.75) is 13.8 Å². The zero-order chi connectivity index (χ0) is 26.5. The van der Waals surface area contributed by atoms with Crippen LogP contribution in [0.2, 0.25) is 0 Å². The molecule has 0 radical (unpaired) electrons. The van der Waals surface area contributed by atoms with Gasteiger partial charge in [0.05, 0.1) is 0 Å². The molecule has 0 bridgehead atoms. The number of hydrogen-bond acceptors (Lipinski definition) is 1. The molecular weight excluding hydrogens is 470 g/mol. The third kappa shape index (κ3) is 4.04. The number of benzene rings is 7. The topological polar surface area (TPSA) is 26.0 Å². The summed E-state index contributed by atoms with van der Waals surface area (Å²) in [6.07, 6.45) is 2.34. The van der Waals surface area contributed by atoms with Gasteiger partial charge in [-0.2, -0.15) is 0 Å². The van der Waals surface area contributed by atoms with Gasteiger partial charge >= 0.3 is 0 Å². The van der Waals surface area contributed by atoms with E-state index < -0.39 is 0 Å². The van der Waals surface area contributed by atoms with Gasteiger partial charge in [0.2, 0.25) is 0 Å². The van der Waals surface area contributed by atoms with Crippen LogP contribution in [0.3, 0.4) is 0 Å². The fourth-order valence-corrected chi connectivity index (χ4v) is 5.86. The molecule has 0 amide bonds. The second-order valence-corrected chi connectivity index (χ2v) is 10.6. The molecule has 0 atom stereocenters. The van der Waals surface area contributed by atoms with Crippen molar-refractivity contribution in [3.8, 4) is 11.1 Å². The molecule has 0 unspecified atom stereocenters. The first-order valence-corrected chi connectivity index (χ1v) is 13.5. The summed E-state index contributed by atoms with van der Waals surface area (Å²) in [7, 11) is 0. The van der Waals surface area contributed by atoms with Crippen LogP contribution >= 0.6 is 0 Å². The van der Waals surface area contributed by atoms with Crippen molar-refractivity contribution in [1.82, 2.24) is 0 Å². The van der Waals surface area contributed by atoms with E-state index in [4.69, 9.17) is 5.73 Å². The van der Waals surface area contributed by atoms with Gasteiger partial charge in [0.15, 0.2) is 0 Å². The summed E-state index contributed by atoms with van der Waals surface area (Å²) in [5, 5.41) is 7.78. The summed E-state index contributed by atoms with van der Waals surface area (Å²) in [6.45, 7) is 4.26. The lowest BCUT2D eigenvalue weighted by Gasteiger charge is -2.17. The van der Waals surface area contributed by atoms with Gasteiger partial charge in [-0.05, 0) is 97.8 Å². The summed E-state index contributed by atoms with van der Waals surface area (Å²) in [5.74, 6) is 0. The van der Waals surface area contributed by atoms with E-state index in [0.29, 0.717) is 0 Å². The van der Waals surface area contributed by atoms with Gasteiger partial charge in [0, 0.05) is 5.69 Å². The lowest BCUT2D eigenvalue weighted by Crippen LogP contribution is -1.94. The second-order valence-electron chi connectivity index (χ2n) is 10.6. The zero-order valence-electron chi connectivity index (χ0n) is 22.2. The predicted molar refractivity (Wildman–Crippen MR) is 169 cm³/mol. The number of aryl methyl sites for hydroxylation is 2. The van der Waals surface area contributed by atoms with E-state index in [9.17, 15) is 0 Å². The number of anilines is 1. The summed E-state index contributed by atoms with van der Waals surface area (Å²) in [6, 6.07) is 44.0. The molecule has 39 heavy (non-hydrogen) atoms. The quantitative estimate of drug-likeness (QED) is 0.145. The second kappa shape index (κ2) is 9.15. The smallest absolute Gasteiger partial charge is 0.0320 e. The molecule has 0 aliphatic heterocycles. The van der Waals surface area contributed by atoms with Crippen molar-refractivity contribution < 1.29 is 0 Å². The first-order valence-electron chi connectivity index (χ1n) is 13.5. The first-order chi connectivity index (χ1) is 19.0. The molecule has 1 nitrogen and oxygen atoms in total. The molecule has 0 heterocycles. The number of hydrogen-bond donors (Lipinski definition) is 1. The Labute approximate surface area is 229 Å². The van der Waals surface area contributed by atoms with E-state index in [1.54, 1.807) is 0 Å². The van der Waals surface area contributed by atoms with E-state index in [1.807, 2.05) is 6.07 Å². The SMILES string of the molecule is Cc1ccc(C(=Cc2ccc(N)cc2-c2ccc(C)cc2)c2ccc3ccc4cccc5ccc2c3c45)cc1. The molecule has 0 aliphatic rings. The minimum Gasteiger partial charge on any atom is -0.399 e. The molecule has 2 N–H and O–H groups in total. The van der Waals surface area contributed by atoms with Crippen molar-refractivity contribution in [3.63, 3.8) is 0 Å². The number of nitrogens with two attached hydrogens (primary N) is 1. The van der Waals surface area contributed by atoms with Gasteiger partial charge < -0.3 is 5.73 Å². The molecule has 7 aromatic rings. The van der Waals surface area contributed by atoms with Crippen molar-refractivity contribution in [1.29, 1.82) is 0 Å². The Balaban J connectivity index is 1.53. The summed E-state index contributed by atoms with van der Waals surface area (Å²) < 4.78 is 0. The average Bonchev–Trinajstić information content (AvgIpc) is 2.96. The molecule has 7 aromatic carbocycles. The van der Waals surface area contributed by atoms with Crippen LogP contribution < -0.4 is 5.73 Å². The lowest BCUT2D eigenvalue weighted by molar-refractivity contribution is 1.45. The highest BCUT2D eigenvalue weighted by Crippen LogP contribution is 2.40. The minimum atomic E-state index is 0.766. The van der Waals surface area contributed by atoms with Crippen LogP contribution in [-0.2, 0) is 0 Å². The predicted octanol–water partition coefficient (Wildman–Crippen LogP) is 10.0. The molecule has 0 aromatic heterocycles. The minimum absolute atomic E-state index is 0.766. The molecule has 0 fully saturated rings. The Hall–Kier alpha value is -4.88. The van der Waals surface area contributed by atoms with Crippen LogP contribution in [0.15, 0.2) is 121 Å². The summed E-state index contributed by atoms with van der Waals surface area (Å²) >= 11 is 0. The standard InChI is InChI=1S/C38H29N/c1-24-6-10-26(11-7-24)35-23-32(39)19-16-31(35)22-36(27-12-8-25(2)9-13-27)33-20-17-30-15-14-28-4-3-5-29-18-21-34(33)38(30)37(28)29/h3-23H,39H2,1-2H3. The van der Waals surface area contributed by atoms with E-state index in [0.717, 1.165) is 22.4 Å². The van der Waals surface area contributed by atoms with Crippen molar-refractivity contribution in [2.24, 2.45) is 0 Å². The van der Waals surface area contributed by atoms with Crippen LogP contribution in [0.5, 0.6) is 0 Å². The van der Waals surface area contributed by atoms with Crippen LogP contribution in [0.25, 0.3) is 55.1 Å². The van der Waals surface area contributed by atoms with Gasteiger partial charge in [-0.25, -0.2) is 0 Å². The molecule has 186 valence electrons. The number of nitrogen functional groups attached to an aromatic ring is 1. The molecule has 0 aliphatic carbocycles. The third-order valence-electron chi connectivity index (χ3n) is 7.92. The maximum Gasteiger partial charge on any atom is 0.0320 e.